The van der Waals surface area contributed by atoms with Gasteiger partial charge in [-0.15, -0.1) is 0 Å². The molecule has 1 saturated carbocycles. The largest absolute Gasteiger partial charge is 0.329 e. The van der Waals surface area contributed by atoms with Gasteiger partial charge in [0.05, 0.1) is 0 Å². The van der Waals surface area contributed by atoms with Crippen molar-refractivity contribution in [1.29, 1.82) is 0 Å². The average Bonchev–Trinajstić information content (AvgIpc) is 2.61. The van der Waals surface area contributed by atoms with Crippen LogP contribution in [0.1, 0.15) is 46.5 Å². The summed E-state index contributed by atoms with van der Waals surface area (Å²) >= 11 is 1.95. The molecule has 0 spiro atoms. The van der Waals surface area contributed by atoms with Crippen LogP contribution in [0.15, 0.2) is 0 Å². The molecular formula is C14H30N2S. The Hall–Kier alpha value is 0.270. The molecule has 2 atom stereocenters. The van der Waals surface area contributed by atoms with E-state index in [4.69, 9.17) is 5.73 Å². The second-order valence-corrected chi connectivity index (χ2v) is 7.01. The van der Waals surface area contributed by atoms with E-state index < -0.39 is 0 Å². The van der Waals surface area contributed by atoms with E-state index in [9.17, 15) is 0 Å². The first kappa shape index (κ1) is 15.3. The minimum atomic E-state index is 0.212. The molecule has 1 fully saturated rings. The molecule has 2 unspecified atom stereocenters. The molecule has 1 rings (SSSR count). The van der Waals surface area contributed by atoms with Gasteiger partial charge >= 0.3 is 0 Å². The van der Waals surface area contributed by atoms with Crippen molar-refractivity contribution in [3.8, 4) is 0 Å². The first-order valence-corrected chi connectivity index (χ1v) is 8.26. The maximum Gasteiger partial charge on any atom is 0.0382 e. The summed E-state index contributed by atoms with van der Waals surface area (Å²) in [5.41, 5.74) is 6.75. The zero-order valence-electron chi connectivity index (χ0n) is 12.3. The van der Waals surface area contributed by atoms with Crippen LogP contribution in [0.3, 0.4) is 0 Å². The Morgan fingerprint density at radius 1 is 1.35 bits per heavy atom. The number of nitrogens with zero attached hydrogens (tertiary/aromatic N) is 1. The molecule has 2 N–H and O–H groups in total. The van der Waals surface area contributed by atoms with E-state index >= 15 is 0 Å². The Morgan fingerprint density at radius 3 is 2.35 bits per heavy atom. The molecule has 0 saturated heterocycles. The molecule has 0 aliphatic heterocycles. The van der Waals surface area contributed by atoms with Gasteiger partial charge in [-0.05, 0) is 38.0 Å². The van der Waals surface area contributed by atoms with Crippen LogP contribution in [-0.4, -0.2) is 42.1 Å². The highest BCUT2D eigenvalue weighted by molar-refractivity contribution is 7.98. The average molecular weight is 258 g/mol. The highest BCUT2D eigenvalue weighted by Crippen LogP contribution is 2.49. The van der Waals surface area contributed by atoms with Crippen molar-refractivity contribution in [2.45, 2.75) is 58.0 Å². The van der Waals surface area contributed by atoms with Crippen molar-refractivity contribution in [3.63, 3.8) is 0 Å². The highest BCUT2D eigenvalue weighted by Gasteiger charge is 2.51. The third-order valence-corrected chi connectivity index (χ3v) is 5.76. The van der Waals surface area contributed by atoms with Crippen molar-refractivity contribution in [1.82, 2.24) is 4.90 Å². The minimum absolute atomic E-state index is 0.212. The summed E-state index contributed by atoms with van der Waals surface area (Å²) in [6.45, 7) is 7.88. The normalized spacial score (nSPS) is 29.8. The molecule has 2 nitrogen and oxygen atoms in total. The van der Waals surface area contributed by atoms with Gasteiger partial charge in [-0.2, -0.15) is 11.8 Å². The van der Waals surface area contributed by atoms with Crippen LogP contribution < -0.4 is 5.73 Å². The molecule has 0 heterocycles. The lowest BCUT2D eigenvalue weighted by Gasteiger charge is -2.51. The molecule has 17 heavy (non-hydrogen) atoms. The maximum atomic E-state index is 6.19. The summed E-state index contributed by atoms with van der Waals surface area (Å²) in [4.78, 5) is 2.61. The van der Waals surface area contributed by atoms with Gasteiger partial charge in [0.1, 0.15) is 0 Å². The highest BCUT2D eigenvalue weighted by atomic mass is 32.2. The molecule has 0 aromatic heterocycles. The molecule has 1 aliphatic rings. The van der Waals surface area contributed by atoms with Crippen molar-refractivity contribution < 1.29 is 0 Å². The summed E-state index contributed by atoms with van der Waals surface area (Å²) in [6, 6.07) is 0.658. The van der Waals surface area contributed by atoms with Crippen molar-refractivity contribution in [3.05, 3.63) is 0 Å². The van der Waals surface area contributed by atoms with E-state index in [-0.39, 0.29) is 5.54 Å². The molecule has 0 aromatic carbocycles. The first-order valence-electron chi connectivity index (χ1n) is 6.87. The number of rotatable bonds is 6. The van der Waals surface area contributed by atoms with Gasteiger partial charge in [-0.3, -0.25) is 4.90 Å². The smallest absolute Gasteiger partial charge is 0.0382 e. The maximum absolute atomic E-state index is 6.19. The molecule has 0 radical (unpaired) electrons. The van der Waals surface area contributed by atoms with Crippen molar-refractivity contribution >= 4 is 11.8 Å². The van der Waals surface area contributed by atoms with Gasteiger partial charge in [0.25, 0.3) is 0 Å². The second-order valence-electron chi connectivity index (χ2n) is 6.10. The summed E-state index contributed by atoms with van der Waals surface area (Å²) in [5, 5.41) is 0. The van der Waals surface area contributed by atoms with E-state index in [0.717, 1.165) is 6.54 Å². The van der Waals surface area contributed by atoms with Crippen LogP contribution >= 0.6 is 11.8 Å². The number of likely N-dealkylation sites (N-methyl/N-ethyl adjacent to an activating group) is 1. The third-order valence-electron chi connectivity index (χ3n) is 5.04. The molecule has 0 amide bonds. The Balaban J connectivity index is 2.92. The fourth-order valence-electron chi connectivity index (χ4n) is 3.62. The van der Waals surface area contributed by atoms with Crippen LogP contribution in [0, 0.1) is 5.41 Å². The van der Waals surface area contributed by atoms with E-state index in [1.54, 1.807) is 0 Å². The Labute approximate surface area is 112 Å². The monoisotopic (exact) mass is 258 g/mol. The molecule has 102 valence electrons. The lowest BCUT2D eigenvalue weighted by molar-refractivity contribution is 0.00711. The van der Waals surface area contributed by atoms with Crippen LogP contribution in [0.25, 0.3) is 0 Å². The van der Waals surface area contributed by atoms with Crippen LogP contribution in [0.2, 0.25) is 0 Å². The van der Waals surface area contributed by atoms with Gasteiger partial charge in [0, 0.05) is 23.9 Å². The summed E-state index contributed by atoms with van der Waals surface area (Å²) in [5.74, 6) is 1.21. The summed E-state index contributed by atoms with van der Waals surface area (Å²) in [7, 11) is 2.30. The Kier molecular flexibility index (Phi) is 5.36. The number of thioether (sulfide) groups is 1. The summed E-state index contributed by atoms with van der Waals surface area (Å²) < 4.78 is 0. The van der Waals surface area contributed by atoms with E-state index in [1.165, 1.54) is 31.4 Å². The van der Waals surface area contributed by atoms with Crippen molar-refractivity contribution in [2.24, 2.45) is 11.1 Å². The Bertz CT molecular complexity index is 242. The molecular weight excluding hydrogens is 228 g/mol. The van der Waals surface area contributed by atoms with Gasteiger partial charge in [0.15, 0.2) is 0 Å². The quantitative estimate of drug-likeness (QED) is 0.794. The summed E-state index contributed by atoms with van der Waals surface area (Å²) in [6.07, 6.45) is 7.31. The standard InChI is InChI=1S/C14H30N2S/c1-6-12(10-17-5)16(4)14(11-15)9-7-8-13(14,2)3/h12H,6-11,15H2,1-5H3. The first-order chi connectivity index (χ1) is 7.95. The van der Waals surface area contributed by atoms with Gasteiger partial charge in [-0.25, -0.2) is 0 Å². The lowest BCUT2D eigenvalue weighted by atomic mass is 9.73. The second kappa shape index (κ2) is 5.94. The predicted octanol–water partition coefficient (Wildman–Crippen LogP) is 2.97. The topological polar surface area (TPSA) is 29.3 Å². The number of nitrogens with two attached hydrogens (primary N) is 1. The van der Waals surface area contributed by atoms with Crippen LogP contribution in [0.4, 0.5) is 0 Å². The van der Waals surface area contributed by atoms with Gasteiger partial charge in [-0.1, -0.05) is 27.2 Å². The fourth-order valence-corrected chi connectivity index (χ4v) is 4.46. The van der Waals surface area contributed by atoms with Crippen LogP contribution in [-0.2, 0) is 0 Å². The van der Waals surface area contributed by atoms with Gasteiger partial charge < -0.3 is 5.73 Å². The minimum Gasteiger partial charge on any atom is -0.329 e. The van der Waals surface area contributed by atoms with E-state index in [1.807, 2.05) is 11.8 Å². The molecule has 1 aliphatic carbocycles. The fraction of sp³-hybridized carbons (Fsp3) is 1.00. The molecule has 3 heteroatoms. The van der Waals surface area contributed by atoms with Crippen LogP contribution in [0.5, 0.6) is 0 Å². The SMILES string of the molecule is CCC(CSC)N(C)C1(CN)CCCC1(C)C. The third kappa shape index (κ3) is 2.66. The molecule has 0 bridgehead atoms. The number of hydrogen-bond acceptors (Lipinski definition) is 3. The van der Waals surface area contributed by atoms with Gasteiger partial charge in [0.2, 0.25) is 0 Å². The number of hydrogen-bond donors (Lipinski definition) is 1. The van der Waals surface area contributed by atoms with Crippen molar-refractivity contribution in [2.75, 3.05) is 25.6 Å². The lowest BCUT2D eigenvalue weighted by Crippen LogP contribution is -2.61. The zero-order chi connectivity index (χ0) is 13.1. The van der Waals surface area contributed by atoms with E-state index in [0.29, 0.717) is 11.5 Å². The van der Waals surface area contributed by atoms with E-state index in [2.05, 4.69) is 39.0 Å². The Morgan fingerprint density at radius 2 is 2.00 bits per heavy atom. The molecule has 0 aromatic rings. The predicted molar refractivity (Wildman–Crippen MR) is 79.6 cm³/mol. The zero-order valence-corrected chi connectivity index (χ0v) is 13.1.